The summed E-state index contributed by atoms with van der Waals surface area (Å²) in [6, 6.07) is 3.82. The molecule has 6 heteroatoms. The van der Waals surface area contributed by atoms with Crippen LogP contribution in [-0.2, 0) is 6.18 Å². The third-order valence-corrected chi connectivity index (χ3v) is 2.78. The zero-order valence-corrected chi connectivity index (χ0v) is 11.5. The molecule has 18 heavy (non-hydrogen) atoms. The van der Waals surface area contributed by atoms with Crippen LogP contribution in [0.1, 0.15) is 39.1 Å². The number of halogens is 3. The van der Waals surface area contributed by atoms with Gasteiger partial charge in [0.1, 0.15) is 5.69 Å². The van der Waals surface area contributed by atoms with Gasteiger partial charge in [0.25, 0.3) is 0 Å². The van der Waals surface area contributed by atoms with Crippen molar-refractivity contribution in [2.24, 2.45) is 4.40 Å². The fourth-order valence-corrected chi connectivity index (χ4v) is 1.55. The summed E-state index contributed by atoms with van der Waals surface area (Å²) in [4.78, 5) is 3.58. The highest BCUT2D eigenvalue weighted by atomic mass is 32.2. The molecule has 0 aromatic carbocycles. The Balaban J connectivity index is 2.97. The summed E-state index contributed by atoms with van der Waals surface area (Å²) in [6.07, 6.45) is -4.42. The summed E-state index contributed by atoms with van der Waals surface area (Å²) in [5.74, 6) is 0. The highest BCUT2D eigenvalue weighted by Crippen LogP contribution is 2.28. The third kappa shape index (κ3) is 4.68. The minimum absolute atomic E-state index is 0.0805. The van der Waals surface area contributed by atoms with Crippen LogP contribution < -0.4 is 0 Å². The Bertz CT molecular complexity index is 447. The van der Waals surface area contributed by atoms with Crippen molar-refractivity contribution in [1.29, 1.82) is 0 Å². The molecular weight excluding hydrogens is 261 g/mol. The van der Waals surface area contributed by atoms with E-state index in [1.165, 1.54) is 24.1 Å². The Morgan fingerprint density at radius 3 is 2.33 bits per heavy atom. The number of hydrogen-bond donors (Lipinski definition) is 0. The summed E-state index contributed by atoms with van der Waals surface area (Å²) in [6.45, 7) is 7.59. The zero-order chi connectivity index (χ0) is 14.0. The Morgan fingerprint density at radius 2 is 1.83 bits per heavy atom. The van der Waals surface area contributed by atoms with E-state index < -0.39 is 11.9 Å². The van der Waals surface area contributed by atoms with E-state index >= 15 is 0 Å². The summed E-state index contributed by atoms with van der Waals surface area (Å²) in [5.41, 5.74) is -0.155. The predicted molar refractivity (Wildman–Crippen MR) is 68.8 cm³/mol. The Hall–Kier alpha value is -1.04. The molecule has 1 rings (SSSR count). The van der Waals surface area contributed by atoms with Crippen LogP contribution in [0.5, 0.6) is 0 Å². The molecule has 0 N–H and O–H groups in total. The van der Waals surface area contributed by atoms with Crippen molar-refractivity contribution >= 4 is 17.7 Å². The lowest BCUT2D eigenvalue weighted by atomic mass is 10.2. The molecule has 1 aromatic heterocycles. The predicted octanol–water partition coefficient (Wildman–Crippen LogP) is 4.36. The van der Waals surface area contributed by atoms with Crippen LogP contribution in [0.3, 0.4) is 0 Å². The fourth-order valence-electron chi connectivity index (χ4n) is 1.05. The highest BCUT2D eigenvalue weighted by Gasteiger charge is 2.32. The minimum Gasteiger partial charge on any atom is -0.242 e. The number of alkyl halides is 3. The van der Waals surface area contributed by atoms with Gasteiger partial charge in [-0.25, -0.2) is 9.38 Å². The average Bonchev–Trinajstić information content (AvgIpc) is 2.24. The molecule has 0 unspecified atom stereocenters. The van der Waals surface area contributed by atoms with Crippen molar-refractivity contribution in [1.82, 2.24) is 4.98 Å². The molecule has 0 spiro atoms. The Kier molecular flexibility index (Phi) is 4.42. The topological polar surface area (TPSA) is 25.2 Å². The van der Waals surface area contributed by atoms with Crippen LogP contribution in [0.15, 0.2) is 22.6 Å². The molecule has 0 radical (unpaired) electrons. The van der Waals surface area contributed by atoms with E-state index in [-0.39, 0.29) is 10.4 Å². The maximum atomic E-state index is 12.5. The summed E-state index contributed by atoms with van der Waals surface area (Å²) in [5, 5.41) is 0. The van der Waals surface area contributed by atoms with Crippen LogP contribution in [0.2, 0.25) is 0 Å². The van der Waals surface area contributed by atoms with Gasteiger partial charge in [0.15, 0.2) is 0 Å². The lowest BCUT2D eigenvalue weighted by Crippen LogP contribution is -2.11. The number of pyridine rings is 1. The van der Waals surface area contributed by atoms with Crippen LogP contribution >= 0.6 is 11.9 Å². The quantitative estimate of drug-likeness (QED) is 0.592. The molecule has 0 aliphatic rings. The minimum atomic E-state index is -4.42. The van der Waals surface area contributed by atoms with Gasteiger partial charge in [0, 0.05) is 4.75 Å². The van der Waals surface area contributed by atoms with Crippen LogP contribution in [0, 0.1) is 0 Å². The van der Waals surface area contributed by atoms with Crippen molar-refractivity contribution in [3.63, 3.8) is 0 Å². The van der Waals surface area contributed by atoms with Crippen molar-refractivity contribution in [2.45, 2.75) is 38.6 Å². The second kappa shape index (κ2) is 5.30. The summed E-state index contributed by atoms with van der Waals surface area (Å²) < 4.78 is 41.6. The van der Waals surface area contributed by atoms with Crippen LogP contribution in [0.4, 0.5) is 13.2 Å². The van der Waals surface area contributed by atoms with E-state index in [0.717, 1.165) is 6.07 Å². The molecule has 0 atom stereocenters. The molecule has 0 aliphatic carbocycles. The average molecular weight is 276 g/mol. The second-order valence-electron chi connectivity index (χ2n) is 4.79. The van der Waals surface area contributed by atoms with Crippen LogP contribution in [0.25, 0.3) is 0 Å². The summed E-state index contributed by atoms with van der Waals surface area (Å²) in [7, 11) is 0. The molecule has 0 fully saturated rings. The molecule has 0 bridgehead atoms. The first kappa shape index (κ1) is 15.0. The molecule has 1 heterocycles. The lowest BCUT2D eigenvalue weighted by Gasteiger charge is -2.13. The van der Waals surface area contributed by atoms with Gasteiger partial charge in [0.05, 0.1) is 11.4 Å². The normalized spacial score (nSPS) is 13.8. The van der Waals surface area contributed by atoms with E-state index in [2.05, 4.69) is 9.38 Å². The molecule has 1 aromatic rings. The standard InChI is InChI=1S/C12H15F3N2S/c1-8(17-18-11(2,3)4)9-6-5-7-10(16-9)12(13,14)15/h5-7H,1-4H3/b17-8+. The van der Waals surface area contributed by atoms with E-state index in [1.807, 2.05) is 20.8 Å². The first-order chi connectivity index (χ1) is 8.09. The molecule has 100 valence electrons. The Morgan fingerprint density at radius 1 is 1.22 bits per heavy atom. The first-order valence-electron chi connectivity index (χ1n) is 5.37. The SMILES string of the molecule is C/C(=N\SC(C)(C)C)c1cccc(C(F)(F)F)n1. The molecule has 0 saturated heterocycles. The number of aromatic nitrogens is 1. The van der Waals surface area contributed by atoms with E-state index in [0.29, 0.717) is 5.71 Å². The Labute approximate surface area is 109 Å². The number of rotatable bonds is 2. The van der Waals surface area contributed by atoms with Crippen molar-refractivity contribution in [3.05, 3.63) is 29.6 Å². The fraction of sp³-hybridized carbons (Fsp3) is 0.500. The van der Waals surface area contributed by atoms with E-state index in [4.69, 9.17) is 0 Å². The number of nitrogens with zero attached hydrogens (tertiary/aromatic N) is 2. The first-order valence-corrected chi connectivity index (χ1v) is 6.14. The van der Waals surface area contributed by atoms with Gasteiger partial charge in [-0.3, -0.25) is 0 Å². The smallest absolute Gasteiger partial charge is 0.242 e. The van der Waals surface area contributed by atoms with Crippen LogP contribution in [-0.4, -0.2) is 15.4 Å². The summed E-state index contributed by atoms with van der Waals surface area (Å²) >= 11 is 1.32. The van der Waals surface area contributed by atoms with Gasteiger partial charge in [0.2, 0.25) is 0 Å². The van der Waals surface area contributed by atoms with Gasteiger partial charge in [-0.1, -0.05) is 6.07 Å². The molecule has 0 amide bonds. The number of hydrogen-bond acceptors (Lipinski definition) is 3. The second-order valence-corrected chi connectivity index (χ2v) is 6.38. The van der Waals surface area contributed by atoms with Crippen molar-refractivity contribution in [3.8, 4) is 0 Å². The molecule has 2 nitrogen and oxygen atoms in total. The molecule has 0 aliphatic heterocycles. The maximum Gasteiger partial charge on any atom is 0.433 e. The monoisotopic (exact) mass is 276 g/mol. The maximum absolute atomic E-state index is 12.5. The largest absolute Gasteiger partial charge is 0.433 e. The molecule has 0 saturated carbocycles. The molecular formula is C12H15F3N2S. The zero-order valence-electron chi connectivity index (χ0n) is 10.7. The van der Waals surface area contributed by atoms with Gasteiger partial charge in [-0.15, -0.1) is 0 Å². The van der Waals surface area contributed by atoms with E-state index in [1.54, 1.807) is 6.92 Å². The van der Waals surface area contributed by atoms with Gasteiger partial charge >= 0.3 is 6.18 Å². The lowest BCUT2D eigenvalue weighted by molar-refractivity contribution is -0.141. The van der Waals surface area contributed by atoms with Gasteiger partial charge in [-0.2, -0.15) is 13.2 Å². The van der Waals surface area contributed by atoms with Crippen molar-refractivity contribution in [2.75, 3.05) is 0 Å². The van der Waals surface area contributed by atoms with Crippen molar-refractivity contribution < 1.29 is 13.2 Å². The third-order valence-electron chi connectivity index (χ3n) is 1.87. The highest BCUT2D eigenvalue weighted by molar-refractivity contribution is 7.99. The van der Waals surface area contributed by atoms with E-state index in [9.17, 15) is 13.2 Å². The van der Waals surface area contributed by atoms with Gasteiger partial charge in [-0.05, 0) is 51.8 Å². The van der Waals surface area contributed by atoms with Gasteiger partial charge < -0.3 is 0 Å².